The molecule has 0 spiro atoms. The third-order valence-electron chi connectivity index (χ3n) is 5.63. The summed E-state index contributed by atoms with van der Waals surface area (Å²) < 4.78 is 11.2. The van der Waals surface area contributed by atoms with Crippen molar-refractivity contribution in [1.29, 1.82) is 0 Å². The number of carbonyl (C=O) groups is 1. The van der Waals surface area contributed by atoms with Crippen LogP contribution < -0.4 is 11.2 Å². The fraction of sp³-hybridized carbons (Fsp3) is 0.364. The van der Waals surface area contributed by atoms with Crippen molar-refractivity contribution in [2.24, 2.45) is 7.05 Å². The van der Waals surface area contributed by atoms with Crippen LogP contribution in [0.5, 0.6) is 0 Å². The van der Waals surface area contributed by atoms with Gasteiger partial charge in [-0.25, -0.2) is 9.36 Å². The average molecular weight is 423 g/mol. The fourth-order valence-electron chi connectivity index (χ4n) is 3.81. The minimum absolute atomic E-state index is 0.0743. The monoisotopic (exact) mass is 423 g/mol. The molecule has 0 saturated carbocycles. The summed E-state index contributed by atoms with van der Waals surface area (Å²) in [6.45, 7) is 5.71. The van der Waals surface area contributed by atoms with Gasteiger partial charge >= 0.3 is 11.7 Å². The van der Waals surface area contributed by atoms with Gasteiger partial charge in [0.25, 0.3) is 5.56 Å². The second kappa shape index (κ2) is 7.90. The molecule has 0 bridgehead atoms. The first-order chi connectivity index (χ1) is 14.8. The lowest BCUT2D eigenvalue weighted by molar-refractivity contribution is -0.145. The third-order valence-corrected chi connectivity index (χ3v) is 5.63. The highest BCUT2D eigenvalue weighted by atomic mass is 16.5. The SMILES string of the molecule is CC[C@H](C)n1c(C)cn2c3c(=O)n(CC(=O)OCc4ccccc4)c(=O)n(C)c3nc12. The smallest absolute Gasteiger partial charge is 0.333 e. The first kappa shape index (κ1) is 20.6. The van der Waals surface area contributed by atoms with Gasteiger partial charge in [-0.3, -0.25) is 18.6 Å². The Morgan fingerprint density at radius 3 is 2.58 bits per heavy atom. The molecule has 1 atom stereocenters. The highest BCUT2D eigenvalue weighted by Gasteiger charge is 2.22. The molecule has 4 aromatic rings. The Hall–Kier alpha value is -3.62. The summed E-state index contributed by atoms with van der Waals surface area (Å²) in [6, 6.07) is 9.40. The number of ether oxygens (including phenoxy) is 1. The Morgan fingerprint density at radius 1 is 1.19 bits per heavy atom. The summed E-state index contributed by atoms with van der Waals surface area (Å²) in [5, 5.41) is 0. The molecule has 0 amide bonds. The van der Waals surface area contributed by atoms with E-state index in [2.05, 4.69) is 18.8 Å². The highest BCUT2D eigenvalue weighted by molar-refractivity contribution is 5.76. The Labute approximate surface area is 178 Å². The molecule has 31 heavy (non-hydrogen) atoms. The quantitative estimate of drug-likeness (QED) is 0.443. The van der Waals surface area contributed by atoms with E-state index in [1.54, 1.807) is 11.4 Å². The number of rotatable bonds is 6. The van der Waals surface area contributed by atoms with E-state index in [4.69, 9.17) is 4.74 Å². The van der Waals surface area contributed by atoms with Crippen molar-refractivity contribution in [1.82, 2.24) is 23.1 Å². The van der Waals surface area contributed by atoms with Crippen LogP contribution in [0, 0.1) is 6.92 Å². The molecule has 0 fully saturated rings. The van der Waals surface area contributed by atoms with Crippen LogP contribution in [-0.4, -0.2) is 29.1 Å². The van der Waals surface area contributed by atoms with E-state index in [0.717, 1.165) is 22.2 Å². The number of benzene rings is 1. The van der Waals surface area contributed by atoms with Crippen LogP contribution in [0.1, 0.15) is 37.6 Å². The summed E-state index contributed by atoms with van der Waals surface area (Å²) in [7, 11) is 1.54. The van der Waals surface area contributed by atoms with Gasteiger partial charge < -0.3 is 9.30 Å². The molecule has 3 aromatic heterocycles. The number of fused-ring (bicyclic) bond motifs is 3. The summed E-state index contributed by atoms with van der Waals surface area (Å²) >= 11 is 0. The van der Waals surface area contributed by atoms with Gasteiger partial charge in [0.1, 0.15) is 13.2 Å². The largest absolute Gasteiger partial charge is 0.459 e. The molecule has 0 radical (unpaired) electrons. The molecule has 0 aliphatic rings. The number of carbonyl (C=O) groups excluding carboxylic acids is 1. The zero-order chi connectivity index (χ0) is 22.3. The predicted octanol–water partition coefficient (Wildman–Crippen LogP) is 2.17. The number of esters is 1. The minimum atomic E-state index is -0.656. The van der Waals surface area contributed by atoms with Crippen molar-refractivity contribution in [3.05, 3.63) is 68.6 Å². The van der Waals surface area contributed by atoms with E-state index in [0.29, 0.717) is 5.78 Å². The Balaban J connectivity index is 1.76. The number of imidazole rings is 2. The van der Waals surface area contributed by atoms with Crippen LogP contribution in [0.2, 0.25) is 0 Å². The lowest BCUT2D eigenvalue weighted by atomic mass is 10.2. The second-order valence-corrected chi connectivity index (χ2v) is 7.73. The molecule has 0 aliphatic heterocycles. The number of aromatic nitrogens is 5. The standard InChI is InChI=1S/C22H25N5O4/c1-5-14(2)27-15(3)11-25-18-19(23-21(25)27)24(4)22(30)26(20(18)29)12-17(28)31-13-16-9-7-6-8-10-16/h6-11,14H,5,12-13H2,1-4H3/t14-/m0/s1. The van der Waals surface area contributed by atoms with E-state index >= 15 is 0 Å². The van der Waals surface area contributed by atoms with E-state index in [1.807, 2.05) is 48.0 Å². The van der Waals surface area contributed by atoms with Gasteiger partial charge in [-0.1, -0.05) is 37.3 Å². The fourth-order valence-corrected chi connectivity index (χ4v) is 3.81. The number of nitrogens with zero attached hydrogens (tertiary/aromatic N) is 5. The molecule has 0 saturated heterocycles. The maximum Gasteiger partial charge on any atom is 0.333 e. The molecule has 162 valence electrons. The molecular weight excluding hydrogens is 398 g/mol. The maximum atomic E-state index is 13.2. The van der Waals surface area contributed by atoms with Crippen molar-refractivity contribution in [3.63, 3.8) is 0 Å². The molecule has 1 aromatic carbocycles. The molecule has 4 rings (SSSR count). The summed E-state index contributed by atoms with van der Waals surface area (Å²) in [5.41, 5.74) is 1.16. The molecule has 0 unspecified atom stereocenters. The second-order valence-electron chi connectivity index (χ2n) is 7.73. The molecule has 9 nitrogen and oxygen atoms in total. The molecular formula is C22H25N5O4. The van der Waals surface area contributed by atoms with Crippen molar-refractivity contribution in [3.8, 4) is 0 Å². The van der Waals surface area contributed by atoms with Gasteiger partial charge in [0.15, 0.2) is 11.2 Å². The molecule has 0 N–H and O–H groups in total. The molecule has 3 heterocycles. The summed E-state index contributed by atoms with van der Waals surface area (Å²) in [5.74, 6) is -0.0603. The normalized spacial score (nSPS) is 12.5. The van der Waals surface area contributed by atoms with E-state index < -0.39 is 23.8 Å². The van der Waals surface area contributed by atoms with Gasteiger partial charge in [0.2, 0.25) is 5.78 Å². The number of aryl methyl sites for hydroxylation is 2. The zero-order valence-corrected chi connectivity index (χ0v) is 18.0. The predicted molar refractivity (Wildman–Crippen MR) is 116 cm³/mol. The van der Waals surface area contributed by atoms with E-state index in [1.165, 1.54) is 4.57 Å². The van der Waals surface area contributed by atoms with E-state index in [9.17, 15) is 14.4 Å². The van der Waals surface area contributed by atoms with E-state index in [-0.39, 0.29) is 23.8 Å². The number of hydrogen-bond acceptors (Lipinski definition) is 5. The maximum absolute atomic E-state index is 13.2. The third kappa shape index (κ3) is 3.45. The van der Waals surface area contributed by atoms with Crippen LogP contribution in [0.3, 0.4) is 0 Å². The summed E-state index contributed by atoms with van der Waals surface area (Å²) in [6.07, 6.45) is 2.73. The van der Waals surface area contributed by atoms with Crippen molar-refractivity contribution >= 4 is 22.9 Å². The Morgan fingerprint density at radius 2 is 1.90 bits per heavy atom. The van der Waals surface area contributed by atoms with Gasteiger partial charge in [0, 0.05) is 25.0 Å². The van der Waals surface area contributed by atoms with Crippen LogP contribution in [-0.2, 0) is 29.7 Å². The van der Waals surface area contributed by atoms with Gasteiger partial charge in [-0.2, -0.15) is 4.98 Å². The first-order valence-electron chi connectivity index (χ1n) is 10.2. The topological polar surface area (TPSA) is 92.5 Å². The molecule has 0 aliphatic carbocycles. The average Bonchev–Trinajstić information content (AvgIpc) is 3.28. The van der Waals surface area contributed by atoms with Crippen LogP contribution in [0.15, 0.2) is 46.1 Å². The van der Waals surface area contributed by atoms with Crippen LogP contribution in [0.4, 0.5) is 0 Å². The first-order valence-corrected chi connectivity index (χ1v) is 10.2. The lowest BCUT2D eigenvalue weighted by Crippen LogP contribution is -2.41. The van der Waals surface area contributed by atoms with Crippen molar-refractivity contribution in [2.75, 3.05) is 0 Å². The van der Waals surface area contributed by atoms with Crippen molar-refractivity contribution < 1.29 is 9.53 Å². The number of hydrogen-bond donors (Lipinski definition) is 0. The molecule has 9 heteroatoms. The highest BCUT2D eigenvalue weighted by Crippen LogP contribution is 2.22. The van der Waals surface area contributed by atoms with Gasteiger partial charge in [-0.05, 0) is 25.8 Å². The van der Waals surface area contributed by atoms with Gasteiger partial charge in [-0.15, -0.1) is 0 Å². The minimum Gasteiger partial charge on any atom is -0.459 e. The Bertz CT molecular complexity index is 1390. The lowest BCUT2D eigenvalue weighted by Gasteiger charge is -2.12. The van der Waals surface area contributed by atoms with Gasteiger partial charge in [0.05, 0.1) is 0 Å². The Kier molecular flexibility index (Phi) is 5.26. The van der Waals surface area contributed by atoms with Crippen LogP contribution >= 0.6 is 0 Å². The van der Waals surface area contributed by atoms with Crippen molar-refractivity contribution in [2.45, 2.75) is 46.4 Å². The zero-order valence-electron chi connectivity index (χ0n) is 18.0. The van der Waals surface area contributed by atoms with Crippen LogP contribution in [0.25, 0.3) is 16.9 Å². The summed E-state index contributed by atoms with van der Waals surface area (Å²) in [4.78, 5) is 43.0.